The number of likely N-dealkylation sites (N-methyl/N-ethyl adjacent to an activating group) is 1. The van der Waals surface area contributed by atoms with Gasteiger partial charge >= 0.3 is 0 Å². The molecule has 2 aromatic rings. The first-order valence-corrected chi connectivity index (χ1v) is 9.54. The first-order chi connectivity index (χ1) is 13.9. The number of carbonyl (C=O) groups excluding carboxylic acids is 2. The highest BCUT2D eigenvalue weighted by Gasteiger charge is 2.21. The van der Waals surface area contributed by atoms with Crippen LogP contribution in [0.25, 0.3) is 0 Å². The number of amides is 2. The van der Waals surface area contributed by atoms with Gasteiger partial charge in [0, 0.05) is 23.9 Å². The smallest absolute Gasteiger partial charge is 0.254 e. The van der Waals surface area contributed by atoms with E-state index >= 15 is 0 Å². The van der Waals surface area contributed by atoms with Gasteiger partial charge in [-0.15, -0.1) is 0 Å². The summed E-state index contributed by atoms with van der Waals surface area (Å²) in [5.41, 5.74) is 0.898. The lowest BCUT2D eigenvalue weighted by Crippen LogP contribution is -2.37. The molecule has 2 aromatic carbocycles. The monoisotopic (exact) mass is 420 g/mol. The van der Waals surface area contributed by atoms with Gasteiger partial charge in [-0.05, 0) is 38.1 Å². The Morgan fingerprint density at radius 1 is 1.10 bits per heavy atom. The Bertz CT molecular complexity index is 872. The number of carbonyl (C=O) groups is 2. The van der Waals surface area contributed by atoms with Gasteiger partial charge in [-0.2, -0.15) is 0 Å². The van der Waals surface area contributed by atoms with Crippen molar-refractivity contribution in [2.45, 2.75) is 13.8 Å². The van der Waals surface area contributed by atoms with E-state index in [0.29, 0.717) is 41.7 Å². The molecule has 0 aliphatic rings. The third kappa shape index (κ3) is 5.77. The van der Waals surface area contributed by atoms with E-state index in [2.05, 4.69) is 5.32 Å². The Hall–Kier alpha value is -2.93. The van der Waals surface area contributed by atoms with Gasteiger partial charge in [-0.25, -0.2) is 0 Å². The van der Waals surface area contributed by atoms with Crippen LogP contribution in [0.4, 0.5) is 5.69 Å². The van der Waals surface area contributed by atoms with Crippen molar-refractivity contribution in [3.8, 4) is 17.2 Å². The van der Waals surface area contributed by atoms with Crippen molar-refractivity contribution < 1.29 is 23.8 Å². The maximum Gasteiger partial charge on any atom is 0.254 e. The van der Waals surface area contributed by atoms with E-state index in [9.17, 15) is 9.59 Å². The average molecular weight is 421 g/mol. The topological polar surface area (TPSA) is 77.1 Å². The van der Waals surface area contributed by atoms with E-state index in [4.69, 9.17) is 25.8 Å². The van der Waals surface area contributed by atoms with Crippen LogP contribution >= 0.6 is 11.6 Å². The van der Waals surface area contributed by atoms with Gasteiger partial charge in [0.25, 0.3) is 5.91 Å². The van der Waals surface area contributed by atoms with Crippen LogP contribution in [0.1, 0.15) is 24.2 Å². The Labute approximate surface area is 175 Å². The van der Waals surface area contributed by atoms with Crippen molar-refractivity contribution in [3.05, 3.63) is 47.0 Å². The second-order valence-electron chi connectivity index (χ2n) is 6.02. The molecule has 0 fully saturated rings. The molecule has 0 bridgehead atoms. The van der Waals surface area contributed by atoms with Gasteiger partial charge in [0.1, 0.15) is 12.3 Å². The van der Waals surface area contributed by atoms with Gasteiger partial charge in [-0.3, -0.25) is 9.59 Å². The van der Waals surface area contributed by atoms with Crippen molar-refractivity contribution in [2.75, 3.05) is 39.2 Å². The number of benzene rings is 2. The van der Waals surface area contributed by atoms with Crippen LogP contribution < -0.4 is 19.5 Å². The summed E-state index contributed by atoms with van der Waals surface area (Å²) in [6.07, 6.45) is 0. The molecule has 0 aliphatic heterocycles. The third-order valence-corrected chi connectivity index (χ3v) is 4.40. The molecule has 0 aliphatic carbocycles. The van der Waals surface area contributed by atoms with Gasteiger partial charge < -0.3 is 24.4 Å². The zero-order valence-corrected chi connectivity index (χ0v) is 17.7. The van der Waals surface area contributed by atoms with E-state index < -0.39 is 0 Å². The Balaban J connectivity index is 2.15. The lowest BCUT2D eigenvalue weighted by molar-refractivity contribution is -0.116. The van der Waals surface area contributed by atoms with Crippen molar-refractivity contribution >= 4 is 29.1 Å². The molecule has 0 aromatic heterocycles. The molecular formula is C21H25ClN2O5. The van der Waals surface area contributed by atoms with Crippen LogP contribution in [-0.4, -0.2) is 50.6 Å². The molecule has 0 radical (unpaired) electrons. The van der Waals surface area contributed by atoms with Crippen LogP contribution in [0.15, 0.2) is 36.4 Å². The molecule has 0 unspecified atom stereocenters. The number of rotatable bonds is 9. The molecule has 156 valence electrons. The Morgan fingerprint density at radius 2 is 1.86 bits per heavy atom. The fourth-order valence-corrected chi connectivity index (χ4v) is 2.98. The number of methoxy groups -OCH3 is 2. The van der Waals surface area contributed by atoms with Crippen molar-refractivity contribution in [1.29, 1.82) is 0 Å². The summed E-state index contributed by atoms with van der Waals surface area (Å²) >= 11 is 6.26. The standard InChI is InChI=1S/C21H25ClN2O5/c1-5-24(13-19(25)23-15-8-7-9-16(12-15)27-3)21(26)14-10-17(22)20(29-6-2)18(11-14)28-4/h7-12H,5-6,13H2,1-4H3,(H,23,25). The number of nitrogens with one attached hydrogen (secondary N) is 1. The molecule has 0 atom stereocenters. The number of hydrogen-bond acceptors (Lipinski definition) is 5. The van der Waals surface area contributed by atoms with E-state index in [-0.39, 0.29) is 23.4 Å². The van der Waals surface area contributed by atoms with Gasteiger partial charge in [-0.1, -0.05) is 17.7 Å². The van der Waals surface area contributed by atoms with Gasteiger partial charge in [0.15, 0.2) is 11.5 Å². The second kappa shape index (κ2) is 10.6. The maximum absolute atomic E-state index is 12.9. The lowest BCUT2D eigenvalue weighted by Gasteiger charge is -2.21. The minimum atomic E-state index is -0.337. The lowest BCUT2D eigenvalue weighted by atomic mass is 10.1. The highest BCUT2D eigenvalue weighted by atomic mass is 35.5. The SMILES string of the molecule is CCOc1c(Cl)cc(C(=O)N(CC)CC(=O)Nc2cccc(OC)c2)cc1OC. The normalized spacial score (nSPS) is 10.2. The zero-order chi connectivity index (χ0) is 21.4. The Morgan fingerprint density at radius 3 is 2.48 bits per heavy atom. The average Bonchev–Trinajstić information content (AvgIpc) is 2.72. The number of anilines is 1. The largest absolute Gasteiger partial charge is 0.497 e. The van der Waals surface area contributed by atoms with Crippen molar-refractivity contribution in [3.63, 3.8) is 0 Å². The number of hydrogen-bond donors (Lipinski definition) is 1. The maximum atomic E-state index is 12.9. The fraction of sp³-hybridized carbons (Fsp3) is 0.333. The van der Waals surface area contributed by atoms with Gasteiger partial charge in [0.05, 0.1) is 25.8 Å². The van der Waals surface area contributed by atoms with E-state index in [1.54, 1.807) is 44.4 Å². The van der Waals surface area contributed by atoms with Crippen LogP contribution in [0, 0.1) is 0 Å². The Kier molecular flexibility index (Phi) is 8.15. The summed E-state index contributed by atoms with van der Waals surface area (Å²) in [5.74, 6) is 0.711. The molecule has 0 saturated carbocycles. The highest BCUT2D eigenvalue weighted by molar-refractivity contribution is 6.32. The predicted molar refractivity (Wildman–Crippen MR) is 112 cm³/mol. The van der Waals surface area contributed by atoms with Crippen LogP contribution in [0.3, 0.4) is 0 Å². The second-order valence-corrected chi connectivity index (χ2v) is 6.43. The molecular weight excluding hydrogens is 396 g/mol. The molecule has 2 amide bonds. The minimum absolute atomic E-state index is 0.111. The van der Waals surface area contributed by atoms with Crippen LogP contribution in [-0.2, 0) is 4.79 Å². The minimum Gasteiger partial charge on any atom is -0.497 e. The van der Waals surface area contributed by atoms with E-state index in [0.717, 1.165) is 0 Å². The summed E-state index contributed by atoms with van der Waals surface area (Å²) < 4.78 is 15.9. The summed E-state index contributed by atoms with van der Waals surface area (Å²) in [4.78, 5) is 26.8. The van der Waals surface area contributed by atoms with E-state index in [1.165, 1.54) is 18.1 Å². The van der Waals surface area contributed by atoms with Crippen LogP contribution in [0.2, 0.25) is 5.02 Å². The van der Waals surface area contributed by atoms with Crippen molar-refractivity contribution in [1.82, 2.24) is 4.90 Å². The quantitative estimate of drug-likeness (QED) is 0.666. The molecule has 2 rings (SSSR count). The number of ether oxygens (including phenoxy) is 3. The summed E-state index contributed by atoms with van der Waals surface area (Å²) in [6, 6.07) is 10.1. The first kappa shape index (κ1) is 22.4. The number of halogens is 1. The highest BCUT2D eigenvalue weighted by Crippen LogP contribution is 2.36. The summed E-state index contributed by atoms with van der Waals surface area (Å²) in [5, 5.41) is 3.03. The summed E-state index contributed by atoms with van der Waals surface area (Å²) in [6.45, 7) is 4.27. The van der Waals surface area contributed by atoms with Crippen LogP contribution in [0.5, 0.6) is 17.2 Å². The molecule has 0 saturated heterocycles. The molecule has 7 nitrogen and oxygen atoms in total. The third-order valence-electron chi connectivity index (χ3n) is 4.12. The predicted octanol–water partition coefficient (Wildman–Crippen LogP) is 3.86. The first-order valence-electron chi connectivity index (χ1n) is 9.16. The molecule has 0 heterocycles. The molecule has 1 N–H and O–H groups in total. The van der Waals surface area contributed by atoms with Crippen molar-refractivity contribution in [2.24, 2.45) is 0 Å². The molecule has 0 spiro atoms. The van der Waals surface area contributed by atoms with Gasteiger partial charge in [0.2, 0.25) is 5.91 Å². The van der Waals surface area contributed by atoms with E-state index in [1.807, 2.05) is 6.92 Å². The molecule has 29 heavy (non-hydrogen) atoms. The summed E-state index contributed by atoms with van der Waals surface area (Å²) in [7, 11) is 3.02. The fourth-order valence-electron chi connectivity index (χ4n) is 2.71. The zero-order valence-electron chi connectivity index (χ0n) is 17.0. The molecule has 8 heteroatoms. The number of nitrogens with zero attached hydrogens (tertiary/aromatic N) is 1.